The van der Waals surface area contributed by atoms with Crippen LogP contribution in [0.4, 0.5) is 0 Å². The molecule has 150 valence electrons. The molecule has 0 spiro atoms. The van der Waals surface area contributed by atoms with Gasteiger partial charge in [-0.1, -0.05) is 42.0 Å². The van der Waals surface area contributed by atoms with Gasteiger partial charge in [-0.2, -0.15) is 5.26 Å². The highest BCUT2D eigenvalue weighted by atomic mass is 32.1. The molecule has 2 atom stereocenters. The first-order valence-corrected chi connectivity index (χ1v) is 10.5. The number of hydrogen-bond acceptors (Lipinski definition) is 4. The minimum absolute atomic E-state index is 0.0906. The van der Waals surface area contributed by atoms with E-state index in [2.05, 4.69) is 17.5 Å². The van der Waals surface area contributed by atoms with Gasteiger partial charge in [0, 0.05) is 11.9 Å². The molecule has 0 radical (unpaired) electrons. The van der Waals surface area contributed by atoms with Crippen LogP contribution < -0.4 is 5.32 Å². The molecule has 1 aromatic heterocycles. The molecule has 0 bridgehead atoms. The number of carbonyl (C=O) groups excluding carboxylic acids is 1. The molecule has 0 aliphatic carbocycles. The highest BCUT2D eigenvalue weighted by Gasteiger charge is 2.49. The first-order valence-electron chi connectivity index (χ1n) is 9.64. The zero-order valence-corrected chi connectivity index (χ0v) is 17.9. The topological polar surface area (TPSA) is 80.0 Å². The third kappa shape index (κ3) is 3.27. The number of aryl methyl sites for hydroxylation is 1. The highest BCUT2D eigenvalue weighted by molar-refractivity contribution is 7.10. The lowest BCUT2D eigenvalue weighted by atomic mass is 9.76. The van der Waals surface area contributed by atoms with E-state index in [4.69, 9.17) is 5.41 Å². The SMILES string of the molecule is Cc1cccc([C@H]2C(=O)N(C)C(=N)N[C@]2(C)c2cc(-c3cccc(C#N)c3)cs2)c1. The molecule has 2 aromatic carbocycles. The van der Waals surface area contributed by atoms with Crippen molar-refractivity contribution in [3.05, 3.63) is 81.5 Å². The van der Waals surface area contributed by atoms with E-state index in [0.717, 1.165) is 27.1 Å². The standard InChI is InChI=1S/C24H22N4OS/c1-15-6-4-9-18(10-15)21-22(29)28(3)23(26)27-24(21,2)20-12-19(14-30-20)17-8-5-7-16(11-17)13-25/h4-12,14,21H,1-3H3,(H2,26,27)/t21-,24+/m0/s1. The van der Waals surface area contributed by atoms with Gasteiger partial charge in [-0.3, -0.25) is 15.1 Å². The molecule has 1 fully saturated rings. The summed E-state index contributed by atoms with van der Waals surface area (Å²) in [6.07, 6.45) is 0. The monoisotopic (exact) mass is 414 g/mol. The Hall–Kier alpha value is -3.43. The highest BCUT2D eigenvalue weighted by Crippen LogP contribution is 2.44. The molecule has 6 heteroatoms. The van der Waals surface area contributed by atoms with E-state index in [-0.39, 0.29) is 11.9 Å². The average Bonchev–Trinajstić information content (AvgIpc) is 3.23. The summed E-state index contributed by atoms with van der Waals surface area (Å²) in [5.74, 6) is -0.477. The molecule has 1 aliphatic heterocycles. The number of rotatable bonds is 3. The van der Waals surface area contributed by atoms with Gasteiger partial charge in [0.25, 0.3) is 0 Å². The maximum atomic E-state index is 13.3. The number of nitriles is 1. The molecule has 0 unspecified atom stereocenters. The van der Waals surface area contributed by atoms with E-state index < -0.39 is 11.5 Å². The zero-order chi connectivity index (χ0) is 21.5. The Bertz CT molecular complexity index is 1190. The Morgan fingerprint density at radius 3 is 2.67 bits per heavy atom. The van der Waals surface area contributed by atoms with Gasteiger partial charge in [0.1, 0.15) is 0 Å². The van der Waals surface area contributed by atoms with E-state index in [1.807, 2.05) is 61.7 Å². The largest absolute Gasteiger partial charge is 0.345 e. The molecule has 1 amide bonds. The minimum Gasteiger partial charge on any atom is -0.345 e. The number of thiophene rings is 1. The second kappa shape index (κ2) is 7.43. The first kappa shape index (κ1) is 19.9. The van der Waals surface area contributed by atoms with Crippen molar-refractivity contribution >= 4 is 23.2 Å². The Morgan fingerprint density at radius 2 is 1.93 bits per heavy atom. The van der Waals surface area contributed by atoms with Gasteiger partial charge in [-0.25, -0.2) is 0 Å². The van der Waals surface area contributed by atoms with Gasteiger partial charge in [-0.05, 0) is 54.1 Å². The quantitative estimate of drug-likeness (QED) is 0.658. The van der Waals surface area contributed by atoms with Gasteiger partial charge < -0.3 is 5.32 Å². The number of nitrogens with zero attached hydrogens (tertiary/aromatic N) is 2. The predicted molar refractivity (Wildman–Crippen MR) is 119 cm³/mol. The van der Waals surface area contributed by atoms with Crippen LogP contribution in [-0.2, 0) is 10.3 Å². The maximum Gasteiger partial charge on any atom is 0.239 e. The Morgan fingerprint density at radius 1 is 1.17 bits per heavy atom. The summed E-state index contributed by atoms with van der Waals surface area (Å²) in [6, 6.07) is 19.7. The van der Waals surface area contributed by atoms with E-state index in [9.17, 15) is 10.1 Å². The van der Waals surface area contributed by atoms with Crippen molar-refractivity contribution < 1.29 is 4.79 Å². The summed E-state index contributed by atoms with van der Waals surface area (Å²) in [7, 11) is 1.63. The molecule has 5 nitrogen and oxygen atoms in total. The number of likely N-dealkylation sites (N-methyl/N-ethyl adjacent to an activating group) is 1. The van der Waals surface area contributed by atoms with Crippen molar-refractivity contribution in [2.45, 2.75) is 25.3 Å². The molecular formula is C24H22N4OS. The van der Waals surface area contributed by atoms with Crippen LogP contribution in [0.15, 0.2) is 60.0 Å². The third-order valence-corrected chi connectivity index (χ3v) is 6.85. The molecular weight excluding hydrogens is 392 g/mol. The smallest absolute Gasteiger partial charge is 0.239 e. The molecule has 2 heterocycles. The van der Waals surface area contributed by atoms with Gasteiger partial charge in [-0.15, -0.1) is 11.3 Å². The normalized spacial score (nSPS) is 21.3. The summed E-state index contributed by atoms with van der Waals surface area (Å²) in [5, 5.41) is 22.8. The summed E-state index contributed by atoms with van der Waals surface area (Å²) < 4.78 is 0. The van der Waals surface area contributed by atoms with Crippen molar-refractivity contribution in [1.82, 2.24) is 10.2 Å². The van der Waals surface area contributed by atoms with Crippen LogP contribution in [-0.4, -0.2) is 23.8 Å². The van der Waals surface area contributed by atoms with Crippen LogP contribution in [0.3, 0.4) is 0 Å². The zero-order valence-electron chi connectivity index (χ0n) is 17.1. The number of nitrogens with one attached hydrogen (secondary N) is 2. The van der Waals surface area contributed by atoms with E-state index in [1.165, 1.54) is 4.90 Å². The number of hydrogen-bond donors (Lipinski definition) is 2. The molecule has 1 aliphatic rings. The van der Waals surface area contributed by atoms with Gasteiger partial charge >= 0.3 is 0 Å². The van der Waals surface area contributed by atoms with Gasteiger partial charge in [0.15, 0.2) is 5.96 Å². The van der Waals surface area contributed by atoms with Gasteiger partial charge in [0.2, 0.25) is 5.91 Å². The maximum absolute atomic E-state index is 13.3. The number of benzene rings is 2. The Balaban J connectivity index is 1.82. The molecule has 4 rings (SSSR count). The first-order chi connectivity index (χ1) is 14.3. The Kier molecular flexibility index (Phi) is 4.92. The molecule has 2 N–H and O–H groups in total. The molecule has 30 heavy (non-hydrogen) atoms. The van der Waals surface area contributed by atoms with Crippen LogP contribution >= 0.6 is 11.3 Å². The average molecular weight is 415 g/mol. The van der Waals surface area contributed by atoms with Crippen LogP contribution in [0, 0.1) is 23.7 Å². The number of guanidine groups is 1. The van der Waals surface area contributed by atoms with Crippen LogP contribution in [0.5, 0.6) is 0 Å². The van der Waals surface area contributed by atoms with Crippen LogP contribution in [0.25, 0.3) is 11.1 Å². The lowest BCUT2D eigenvalue weighted by Crippen LogP contribution is -2.62. The molecule has 3 aromatic rings. The summed E-state index contributed by atoms with van der Waals surface area (Å²) in [6.45, 7) is 4.00. The van der Waals surface area contributed by atoms with Crippen LogP contribution in [0.1, 0.15) is 34.4 Å². The van der Waals surface area contributed by atoms with Crippen LogP contribution in [0.2, 0.25) is 0 Å². The van der Waals surface area contributed by atoms with Crippen molar-refractivity contribution in [1.29, 1.82) is 10.7 Å². The third-order valence-electron chi connectivity index (χ3n) is 5.68. The number of amides is 1. The van der Waals surface area contributed by atoms with E-state index in [1.54, 1.807) is 24.5 Å². The second-order valence-electron chi connectivity index (χ2n) is 7.81. The van der Waals surface area contributed by atoms with Crippen molar-refractivity contribution in [3.63, 3.8) is 0 Å². The molecule has 0 saturated carbocycles. The minimum atomic E-state index is -0.760. The lowest BCUT2D eigenvalue weighted by Gasteiger charge is -2.45. The fourth-order valence-corrected chi connectivity index (χ4v) is 5.08. The molecule has 1 saturated heterocycles. The second-order valence-corrected chi connectivity index (χ2v) is 8.72. The summed E-state index contributed by atoms with van der Waals surface area (Å²) in [5.41, 5.74) is 3.82. The van der Waals surface area contributed by atoms with E-state index >= 15 is 0 Å². The van der Waals surface area contributed by atoms with Crippen molar-refractivity contribution in [2.24, 2.45) is 0 Å². The van der Waals surface area contributed by atoms with Crippen molar-refractivity contribution in [3.8, 4) is 17.2 Å². The lowest BCUT2D eigenvalue weighted by molar-refractivity contribution is -0.131. The van der Waals surface area contributed by atoms with Crippen molar-refractivity contribution in [2.75, 3.05) is 7.05 Å². The predicted octanol–water partition coefficient (Wildman–Crippen LogP) is 4.59. The van der Waals surface area contributed by atoms with Gasteiger partial charge in [0.05, 0.1) is 23.1 Å². The summed E-state index contributed by atoms with van der Waals surface area (Å²) in [4.78, 5) is 15.7. The summed E-state index contributed by atoms with van der Waals surface area (Å²) >= 11 is 1.56. The fourth-order valence-electron chi connectivity index (χ4n) is 4.01. The number of carbonyl (C=O) groups is 1. The Labute approximate surface area is 180 Å². The van der Waals surface area contributed by atoms with E-state index in [0.29, 0.717) is 5.56 Å². The fraction of sp³-hybridized carbons (Fsp3) is 0.208.